The molecule has 0 saturated carbocycles. The van der Waals surface area contributed by atoms with Crippen LogP contribution in [0, 0.1) is 4.78 Å². The number of rotatable bonds is 2. The van der Waals surface area contributed by atoms with Crippen LogP contribution in [0.2, 0.25) is 0 Å². The largest absolute Gasteiger partial charge is 0.326 e. The Bertz CT molecular complexity index is 528. The molecule has 1 atom stereocenters. The third kappa shape index (κ3) is 3.06. The quantitative estimate of drug-likeness (QED) is 0.852. The zero-order valence-corrected chi connectivity index (χ0v) is 11.4. The van der Waals surface area contributed by atoms with Gasteiger partial charge in [0, 0.05) is 22.3 Å². The van der Waals surface area contributed by atoms with Crippen LogP contribution in [0.4, 0.5) is 5.69 Å². The van der Waals surface area contributed by atoms with Crippen LogP contribution in [0.15, 0.2) is 29.2 Å². The number of amides is 1. The summed E-state index contributed by atoms with van der Waals surface area (Å²) in [5, 5.41) is 2.62. The minimum Gasteiger partial charge on any atom is -0.326 e. The van der Waals surface area contributed by atoms with Crippen molar-refractivity contribution >= 4 is 21.3 Å². The standard InChI is InChI=1S/C12H18N2O2S/c1-9(15)14-10-6-5-7-11(8-10)17(13,16)12(2,3)4/h5-8,13H,1-4H3,(H,14,15). The molecular formula is C12H18N2O2S. The fourth-order valence-electron chi connectivity index (χ4n) is 1.31. The van der Waals surface area contributed by atoms with Crippen molar-refractivity contribution in [2.45, 2.75) is 37.3 Å². The Morgan fingerprint density at radius 2 is 1.94 bits per heavy atom. The maximum Gasteiger partial charge on any atom is 0.221 e. The van der Waals surface area contributed by atoms with E-state index in [2.05, 4.69) is 5.32 Å². The molecule has 1 aromatic rings. The molecule has 1 unspecified atom stereocenters. The highest BCUT2D eigenvalue weighted by molar-refractivity contribution is 7.93. The summed E-state index contributed by atoms with van der Waals surface area (Å²) >= 11 is 0. The van der Waals surface area contributed by atoms with Gasteiger partial charge in [0.1, 0.15) is 0 Å². The summed E-state index contributed by atoms with van der Waals surface area (Å²) in [5.74, 6) is -0.186. The Morgan fingerprint density at radius 1 is 1.35 bits per heavy atom. The fourth-order valence-corrected chi connectivity index (χ4v) is 2.58. The van der Waals surface area contributed by atoms with Crippen molar-refractivity contribution in [2.24, 2.45) is 0 Å². The van der Waals surface area contributed by atoms with Gasteiger partial charge < -0.3 is 5.32 Å². The molecule has 0 aromatic heterocycles. The Kier molecular flexibility index (Phi) is 3.62. The molecule has 2 N–H and O–H groups in total. The summed E-state index contributed by atoms with van der Waals surface area (Å²) < 4.78 is 19.8. The van der Waals surface area contributed by atoms with Crippen LogP contribution in [-0.4, -0.2) is 14.9 Å². The van der Waals surface area contributed by atoms with Gasteiger partial charge in [-0.25, -0.2) is 8.99 Å². The minimum absolute atomic E-state index is 0.186. The maximum atomic E-state index is 12.4. The number of carbonyl (C=O) groups is 1. The Hall–Kier alpha value is -1.36. The summed E-state index contributed by atoms with van der Waals surface area (Å²) in [6, 6.07) is 6.66. The molecule has 17 heavy (non-hydrogen) atoms. The highest BCUT2D eigenvalue weighted by Crippen LogP contribution is 2.27. The second kappa shape index (κ2) is 4.49. The van der Waals surface area contributed by atoms with Gasteiger partial charge in [-0.15, -0.1) is 0 Å². The molecule has 0 aliphatic rings. The lowest BCUT2D eigenvalue weighted by atomic mass is 10.3. The normalized spacial score (nSPS) is 15.1. The van der Waals surface area contributed by atoms with Gasteiger partial charge in [0.05, 0.1) is 9.73 Å². The molecule has 0 fully saturated rings. The van der Waals surface area contributed by atoms with Crippen molar-refractivity contribution < 1.29 is 9.00 Å². The van der Waals surface area contributed by atoms with E-state index in [4.69, 9.17) is 4.78 Å². The Balaban J connectivity index is 3.21. The van der Waals surface area contributed by atoms with Crippen molar-refractivity contribution in [3.63, 3.8) is 0 Å². The number of carbonyl (C=O) groups excluding carboxylic acids is 1. The molecule has 0 aliphatic heterocycles. The van der Waals surface area contributed by atoms with Gasteiger partial charge in [-0.05, 0) is 39.0 Å². The van der Waals surface area contributed by atoms with Crippen LogP contribution in [0.3, 0.4) is 0 Å². The fraction of sp³-hybridized carbons (Fsp3) is 0.417. The van der Waals surface area contributed by atoms with Crippen molar-refractivity contribution in [1.82, 2.24) is 0 Å². The van der Waals surface area contributed by atoms with Crippen molar-refractivity contribution in [2.75, 3.05) is 5.32 Å². The van der Waals surface area contributed by atoms with Gasteiger partial charge in [-0.1, -0.05) is 6.07 Å². The highest BCUT2D eigenvalue weighted by Gasteiger charge is 2.27. The van der Waals surface area contributed by atoms with Crippen LogP contribution in [0.5, 0.6) is 0 Å². The van der Waals surface area contributed by atoms with E-state index in [-0.39, 0.29) is 5.91 Å². The zero-order chi connectivity index (χ0) is 13.3. The number of nitrogens with one attached hydrogen (secondary N) is 2. The first-order chi connectivity index (χ1) is 7.64. The second-order valence-corrected chi connectivity index (χ2v) is 7.69. The molecular weight excluding hydrogens is 236 g/mol. The van der Waals surface area contributed by atoms with Crippen LogP contribution in [0.25, 0.3) is 0 Å². The first-order valence-electron chi connectivity index (χ1n) is 5.30. The average Bonchev–Trinajstić information content (AvgIpc) is 2.15. The summed E-state index contributed by atoms with van der Waals surface area (Å²) in [6.07, 6.45) is 0. The SMILES string of the molecule is CC(=O)Nc1cccc(S(=N)(=O)C(C)(C)C)c1. The molecule has 0 saturated heterocycles. The summed E-state index contributed by atoms with van der Waals surface area (Å²) in [6.45, 7) is 6.72. The number of hydrogen-bond donors (Lipinski definition) is 2. The molecule has 1 aromatic carbocycles. The maximum absolute atomic E-state index is 12.4. The topological polar surface area (TPSA) is 70.0 Å². The second-order valence-electron chi connectivity index (χ2n) is 4.88. The lowest BCUT2D eigenvalue weighted by Crippen LogP contribution is -2.26. The first kappa shape index (κ1) is 13.7. The molecule has 0 heterocycles. The van der Waals surface area contributed by atoms with Gasteiger partial charge in [0.25, 0.3) is 0 Å². The van der Waals surface area contributed by atoms with Crippen LogP contribution in [0.1, 0.15) is 27.7 Å². The lowest BCUT2D eigenvalue weighted by molar-refractivity contribution is -0.114. The number of benzene rings is 1. The molecule has 5 heteroatoms. The molecule has 0 bridgehead atoms. The van der Waals surface area contributed by atoms with Gasteiger partial charge in [-0.2, -0.15) is 0 Å². The van der Waals surface area contributed by atoms with E-state index in [9.17, 15) is 9.00 Å². The summed E-state index contributed by atoms with van der Waals surface area (Å²) in [5.41, 5.74) is 0.569. The van der Waals surface area contributed by atoms with Crippen LogP contribution >= 0.6 is 0 Å². The Labute approximate surface area is 102 Å². The molecule has 1 rings (SSSR count). The molecule has 0 radical (unpaired) electrons. The monoisotopic (exact) mass is 254 g/mol. The van der Waals surface area contributed by atoms with Gasteiger partial charge >= 0.3 is 0 Å². The molecule has 94 valence electrons. The van der Waals surface area contributed by atoms with E-state index in [0.717, 1.165) is 0 Å². The van der Waals surface area contributed by atoms with Gasteiger partial charge in [0.2, 0.25) is 5.91 Å². The van der Waals surface area contributed by atoms with E-state index in [0.29, 0.717) is 10.6 Å². The predicted molar refractivity (Wildman–Crippen MR) is 69.6 cm³/mol. The molecule has 0 spiro atoms. The van der Waals surface area contributed by atoms with Crippen LogP contribution < -0.4 is 5.32 Å². The first-order valence-corrected chi connectivity index (χ1v) is 6.86. The molecule has 4 nitrogen and oxygen atoms in total. The zero-order valence-electron chi connectivity index (χ0n) is 10.5. The van der Waals surface area contributed by atoms with E-state index in [1.165, 1.54) is 6.92 Å². The van der Waals surface area contributed by atoms with Gasteiger partial charge in [0.15, 0.2) is 0 Å². The van der Waals surface area contributed by atoms with Crippen molar-refractivity contribution in [1.29, 1.82) is 4.78 Å². The third-order valence-electron chi connectivity index (χ3n) is 2.35. The van der Waals surface area contributed by atoms with E-state index in [1.54, 1.807) is 45.0 Å². The number of anilines is 1. The van der Waals surface area contributed by atoms with Crippen molar-refractivity contribution in [3.05, 3.63) is 24.3 Å². The van der Waals surface area contributed by atoms with E-state index < -0.39 is 14.5 Å². The molecule has 0 aliphatic carbocycles. The van der Waals surface area contributed by atoms with Crippen molar-refractivity contribution in [3.8, 4) is 0 Å². The smallest absolute Gasteiger partial charge is 0.221 e. The Morgan fingerprint density at radius 3 is 2.41 bits per heavy atom. The lowest BCUT2D eigenvalue weighted by Gasteiger charge is -2.23. The van der Waals surface area contributed by atoms with E-state index >= 15 is 0 Å². The summed E-state index contributed by atoms with van der Waals surface area (Å²) in [7, 11) is -2.89. The minimum atomic E-state index is -2.89. The highest BCUT2D eigenvalue weighted by atomic mass is 32.2. The van der Waals surface area contributed by atoms with Crippen LogP contribution in [-0.2, 0) is 14.5 Å². The van der Waals surface area contributed by atoms with E-state index in [1.807, 2.05) is 0 Å². The molecule has 1 amide bonds. The average molecular weight is 254 g/mol. The number of hydrogen-bond acceptors (Lipinski definition) is 3. The third-order valence-corrected chi connectivity index (χ3v) is 4.99. The van der Waals surface area contributed by atoms with Gasteiger partial charge in [-0.3, -0.25) is 4.79 Å². The predicted octanol–water partition coefficient (Wildman–Crippen LogP) is 2.85. The summed E-state index contributed by atoms with van der Waals surface area (Å²) in [4.78, 5) is 11.4.